The smallest absolute Gasteiger partial charge is 0.410 e. The van der Waals surface area contributed by atoms with Gasteiger partial charge in [0.1, 0.15) is 11.9 Å². The number of piperidine rings is 1. The molecule has 0 saturated carbocycles. The molecule has 2 unspecified atom stereocenters. The third-order valence-corrected chi connectivity index (χ3v) is 6.81. The van der Waals surface area contributed by atoms with Crippen LogP contribution in [0.25, 0.3) is 0 Å². The zero-order valence-electron chi connectivity index (χ0n) is 17.2. The number of nitrogens with zero attached hydrogens (tertiary/aromatic N) is 2. The molecule has 3 aliphatic heterocycles. The Morgan fingerprint density at radius 2 is 1.77 bits per heavy atom. The van der Waals surface area contributed by atoms with Crippen molar-refractivity contribution in [3.8, 4) is 0 Å². The van der Waals surface area contributed by atoms with Crippen LogP contribution in [0.2, 0.25) is 0 Å². The third-order valence-electron chi connectivity index (χ3n) is 6.81. The second-order valence-electron chi connectivity index (χ2n) is 8.58. The summed E-state index contributed by atoms with van der Waals surface area (Å²) in [4.78, 5) is 17.5. The monoisotopic (exact) mass is 410 g/mol. The summed E-state index contributed by atoms with van der Waals surface area (Å²) in [7, 11) is 2.13. The summed E-state index contributed by atoms with van der Waals surface area (Å²) in [5.74, 6) is -0.281. The number of morpholine rings is 1. The van der Waals surface area contributed by atoms with Crippen molar-refractivity contribution in [1.29, 1.82) is 0 Å². The summed E-state index contributed by atoms with van der Waals surface area (Å²) in [5.41, 5.74) is 3.21. The highest BCUT2D eigenvalue weighted by molar-refractivity contribution is 5.70. The number of carbonyl (C=O) groups is 1. The maximum atomic E-state index is 13.5. The molecule has 0 spiro atoms. The molecule has 6 heteroatoms. The molecule has 2 aromatic carbocycles. The van der Waals surface area contributed by atoms with Crippen LogP contribution in [0.5, 0.6) is 0 Å². The average molecular weight is 410 g/mol. The van der Waals surface area contributed by atoms with Gasteiger partial charge in [-0.25, -0.2) is 9.18 Å². The Morgan fingerprint density at radius 3 is 2.50 bits per heavy atom. The van der Waals surface area contributed by atoms with Crippen LogP contribution in [0.3, 0.4) is 0 Å². The van der Waals surface area contributed by atoms with Crippen LogP contribution >= 0.6 is 0 Å². The zero-order chi connectivity index (χ0) is 20.7. The number of hydrogen-bond acceptors (Lipinski definition) is 4. The van der Waals surface area contributed by atoms with Crippen molar-refractivity contribution in [1.82, 2.24) is 9.80 Å². The van der Waals surface area contributed by atoms with E-state index in [9.17, 15) is 9.18 Å². The Balaban J connectivity index is 1.39. The number of halogens is 1. The van der Waals surface area contributed by atoms with Crippen molar-refractivity contribution in [3.05, 3.63) is 71.0 Å². The Hall–Kier alpha value is -2.44. The van der Waals surface area contributed by atoms with Crippen LogP contribution in [0.1, 0.15) is 35.6 Å². The number of hydrogen-bond donors (Lipinski definition) is 0. The van der Waals surface area contributed by atoms with Crippen molar-refractivity contribution >= 4 is 6.09 Å². The van der Waals surface area contributed by atoms with Crippen LogP contribution in [0.4, 0.5) is 9.18 Å². The molecule has 3 aliphatic rings. The Labute approximate surface area is 176 Å². The molecule has 3 atom stereocenters. The number of carbonyl (C=O) groups excluding carboxylic acids is 1. The van der Waals surface area contributed by atoms with E-state index in [1.165, 1.54) is 17.7 Å². The number of benzene rings is 2. The summed E-state index contributed by atoms with van der Waals surface area (Å²) in [5, 5.41) is 0. The molecule has 2 fully saturated rings. The fourth-order valence-electron chi connectivity index (χ4n) is 5.12. The lowest BCUT2D eigenvalue weighted by atomic mass is 9.88. The molecule has 1 amide bonds. The van der Waals surface area contributed by atoms with Crippen LogP contribution < -0.4 is 0 Å². The number of fused-ring (bicyclic) bond motifs is 3. The maximum Gasteiger partial charge on any atom is 0.410 e. The van der Waals surface area contributed by atoms with Gasteiger partial charge in [-0.2, -0.15) is 0 Å². The van der Waals surface area contributed by atoms with Crippen molar-refractivity contribution in [2.45, 2.75) is 43.5 Å². The van der Waals surface area contributed by atoms with E-state index >= 15 is 0 Å². The van der Waals surface area contributed by atoms with Gasteiger partial charge in [0, 0.05) is 31.5 Å². The predicted molar refractivity (Wildman–Crippen MR) is 111 cm³/mol. The van der Waals surface area contributed by atoms with Gasteiger partial charge in [0.15, 0.2) is 0 Å². The zero-order valence-corrected chi connectivity index (χ0v) is 17.2. The van der Waals surface area contributed by atoms with Crippen molar-refractivity contribution in [2.24, 2.45) is 0 Å². The van der Waals surface area contributed by atoms with Crippen LogP contribution in [-0.2, 0) is 15.9 Å². The van der Waals surface area contributed by atoms with Gasteiger partial charge < -0.3 is 9.47 Å². The Morgan fingerprint density at radius 1 is 1.07 bits per heavy atom. The van der Waals surface area contributed by atoms with E-state index in [0.717, 1.165) is 30.4 Å². The van der Waals surface area contributed by atoms with Gasteiger partial charge in [0.2, 0.25) is 0 Å². The summed E-state index contributed by atoms with van der Waals surface area (Å²) >= 11 is 0. The predicted octanol–water partition coefficient (Wildman–Crippen LogP) is 3.77. The molecule has 0 aliphatic carbocycles. The quantitative estimate of drug-likeness (QED) is 0.756. The fourth-order valence-corrected chi connectivity index (χ4v) is 5.12. The molecule has 0 radical (unpaired) electrons. The number of likely N-dealkylation sites (N-methyl/N-ethyl adjacent to an activating group) is 1. The molecule has 2 bridgehead atoms. The first kappa shape index (κ1) is 19.5. The largest absolute Gasteiger partial charge is 0.446 e. The van der Waals surface area contributed by atoms with Gasteiger partial charge in [-0.3, -0.25) is 9.80 Å². The van der Waals surface area contributed by atoms with E-state index in [-0.39, 0.29) is 24.1 Å². The van der Waals surface area contributed by atoms with Crippen molar-refractivity contribution in [3.63, 3.8) is 0 Å². The number of rotatable bonds is 2. The van der Waals surface area contributed by atoms with E-state index in [1.54, 1.807) is 17.0 Å². The van der Waals surface area contributed by atoms with Crippen LogP contribution in [0.15, 0.2) is 48.5 Å². The first-order valence-corrected chi connectivity index (χ1v) is 10.7. The van der Waals surface area contributed by atoms with E-state index in [2.05, 4.69) is 24.1 Å². The third kappa shape index (κ3) is 3.59. The maximum absolute atomic E-state index is 13.5. The molecule has 2 saturated heterocycles. The molecule has 2 aromatic rings. The first-order valence-electron chi connectivity index (χ1n) is 10.7. The number of ether oxygens (including phenoxy) is 2. The van der Waals surface area contributed by atoms with Gasteiger partial charge in [0.05, 0.1) is 19.3 Å². The van der Waals surface area contributed by atoms with Crippen molar-refractivity contribution < 1.29 is 18.7 Å². The summed E-state index contributed by atoms with van der Waals surface area (Å²) in [6.07, 6.45) is 2.00. The van der Waals surface area contributed by atoms with Gasteiger partial charge in [-0.05, 0) is 42.3 Å². The van der Waals surface area contributed by atoms with Crippen LogP contribution in [-0.4, -0.2) is 60.9 Å². The standard InChI is InChI=1S/C24H27FN2O3/c1-26-19-12-21(13-20(26)15-29-14-19)30-24(28)27-11-10-16-4-2-3-5-22(16)23(27)17-6-8-18(25)9-7-17/h2-9,19-21,23H,10-15H2,1H3/t19?,20?,21?,23-/m0/s1. The second kappa shape index (κ2) is 8.00. The lowest BCUT2D eigenvalue weighted by molar-refractivity contribution is -0.0981. The highest BCUT2D eigenvalue weighted by atomic mass is 19.1. The minimum atomic E-state index is -0.285. The molecule has 0 aromatic heterocycles. The molecule has 5 rings (SSSR count). The molecular formula is C24H27FN2O3. The van der Waals surface area contributed by atoms with Gasteiger partial charge in [-0.15, -0.1) is 0 Å². The fraction of sp³-hybridized carbons (Fsp3) is 0.458. The van der Waals surface area contributed by atoms with Crippen LogP contribution in [0, 0.1) is 5.82 Å². The molecule has 5 nitrogen and oxygen atoms in total. The Kier molecular flexibility index (Phi) is 5.21. The molecule has 0 N–H and O–H groups in total. The minimum absolute atomic E-state index is 0.0985. The minimum Gasteiger partial charge on any atom is -0.446 e. The normalized spacial score (nSPS) is 28.7. The first-order chi connectivity index (χ1) is 14.6. The summed E-state index contributed by atoms with van der Waals surface area (Å²) in [6.45, 7) is 1.97. The van der Waals surface area contributed by atoms with E-state index in [4.69, 9.17) is 9.47 Å². The van der Waals surface area contributed by atoms with E-state index in [0.29, 0.717) is 31.8 Å². The second-order valence-corrected chi connectivity index (χ2v) is 8.58. The van der Waals surface area contributed by atoms with Gasteiger partial charge in [-0.1, -0.05) is 36.4 Å². The Bertz CT molecular complexity index is 905. The highest BCUT2D eigenvalue weighted by Crippen LogP contribution is 2.36. The van der Waals surface area contributed by atoms with E-state index < -0.39 is 0 Å². The summed E-state index contributed by atoms with van der Waals surface area (Å²) in [6, 6.07) is 14.9. The highest BCUT2D eigenvalue weighted by Gasteiger charge is 2.40. The SMILES string of the molecule is CN1C2COCC1CC(OC(=O)N1CCc3ccccc3[C@@H]1c1ccc(F)cc1)C2. The number of amides is 1. The molecular weight excluding hydrogens is 383 g/mol. The summed E-state index contributed by atoms with van der Waals surface area (Å²) < 4.78 is 25.3. The topological polar surface area (TPSA) is 42.0 Å². The lowest BCUT2D eigenvalue weighted by Crippen LogP contribution is -2.57. The van der Waals surface area contributed by atoms with Gasteiger partial charge in [0.25, 0.3) is 0 Å². The van der Waals surface area contributed by atoms with Crippen molar-refractivity contribution in [2.75, 3.05) is 26.8 Å². The molecule has 3 heterocycles. The molecule has 158 valence electrons. The molecule has 30 heavy (non-hydrogen) atoms. The van der Waals surface area contributed by atoms with Gasteiger partial charge >= 0.3 is 6.09 Å². The lowest BCUT2D eigenvalue weighted by Gasteiger charge is -2.46. The van der Waals surface area contributed by atoms with E-state index in [1.807, 2.05) is 12.1 Å². The average Bonchev–Trinajstić information content (AvgIpc) is 2.74.